The number of aromatic nitrogens is 3. The van der Waals surface area contributed by atoms with Gasteiger partial charge in [0.05, 0.1) is 0 Å². The number of pyridine rings is 1. The number of likely N-dealkylation sites (N-methyl/N-ethyl adjacent to an activating group) is 2. The molecule has 0 unspecified atom stereocenters. The maximum atomic E-state index is 4.76. The summed E-state index contributed by atoms with van der Waals surface area (Å²) in [6.07, 6.45) is 1.83. The van der Waals surface area contributed by atoms with E-state index < -0.39 is 0 Å². The maximum absolute atomic E-state index is 4.76. The number of aryl methyl sites for hydroxylation is 1. The van der Waals surface area contributed by atoms with Gasteiger partial charge in [0.1, 0.15) is 17.5 Å². The van der Waals surface area contributed by atoms with Crippen LogP contribution in [0.25, 0.3) is 0 Å². The monoisotopic (exact) mass is 405 g/mol. The van der Waals surface area contributed by atoms with Gasteiger partial charge >= 0.3 is 0 Å². The van der Waals surface area contributed by atoms with E-state index in [2.05, 4.69) is 46.1 Å². The molecule has 7 heteroatoms. The fourth-order valence-corrected chi connectivity index (χ4v) is 3.10. The van der Waals surface area contributed by atoms with Crippen molar-refractivity contribution in [1.82, 2.24) is 15.0 Å². The van der Waals surface area contributed by atoms with Gasteiger partial charge < -0.3 is 20.0 Å². The Bertz CT molecular complexity index is 943. The molecule has 3 rings (SSSR count). The minimum absolute atomic E-state index is 0.688. The van der Waals surface area contributed by atoms with E-state index >= 15 is 0 Å². The van der Waals surface area contributed by atoms with Gasteiger partial charge in [0.15, 0.2) is 0 Å². The highest BCUT2D eigenvalue weighted by Crippen LogP contribution is 2.22. The highest BCUT2D eigenvalue weighted by Gasteiger charge is 2.13. The highest BCUT2D eigenvalue weighted by atomic mass is 15.3. The Morgan fingerprint density at radius 1 is 0.900 bits per heavy atom. The zero-order valence-electron chi connectivity index (χ0n) is 18.5. The number of nitrogens with one attached hydrogen (secondary N) is 1. The zero-order chi connectivity index (χ0) is 21.5. The molecule has 2 heterocycles. The van der Waals surface area contributed by atoms with Gasteiger partial charge in [-0.3, -0.25) is 0 Å². The van der Waals surface area contributed by atoms with E-state index in [9.17, 15) is 0 Å². The molecule has 2 aromatic heterocycles. The Morgan fingerprint density at radius 3 is 2.40 bits per heavy atom. The first kappa shape index (κ1) is 21.4. The van der Waals surface area contributed by atoms with Crippen molar-refractivity contribution in [1.29, 1.82) is 0 Å². The zero-order valence-corrected chi connectivity index (χ0v) is 18.5. The van der Waals surface area contributed by atoms with E-state index in [1.165, 1.54) is 5.56 Å². The quantitative estimate of drug-likeness (QED) is 0.578. The second-order valence-corrected chi connectivity index (χ2v) is 7.49. The van der Waals surface area contributed by atoms with Crippen LogP contribution in [0.15, 0.2) is 54.7 Å². The molecule has 0 aliphatic carbocycles. The molecule has 0 atom stereocenters. The molecule has 1 N–H and O–H groups in total. The lowest BCUT2D eigenvalue weighted by molar-refractivity contribution is 0.760. The third-order valence-electron chi connectivity index (χ3n) is 4.85. The van der Waals surface area contributed by atoms with Crippen LogP contribution in [0.4, 0.5) is 29.1 Å². The number of nitrogens with zero attached hydrogens (tertiary/aromatic N) is 6. The largest absolute Gasteiger partial charge is 0.363 e. The van der Waals surface area contributed by atoms with Gasteiger partial charge in [-0.25, -0.2) is 4.98 Å². The maximum Gasteiger partial charge on any atom is 0.229 e. The minimum atomic E-state index is 0.688. The summed E-state index contributed by atoms with van der Waals surface area (Å²) in [5, 5.41) is 3.41. The second-order valence-electron chi connectivity index (χ2n) is 7.49. The summed E-state index contributed by atoms with van der Waals surface area (Å²) >= 11 is 0. The molecule has 7 nitrogen and oxygen atoms in total. The molecule has 0 aliphatic heterocycles. The predicted octanol–water partition coefficient (Wildman–Crippen LogP) is 3.95. The van der Waals surface area contributed by atoms with Crippen molar-refractivity contribution in [3.05, 3.63) is 60.3 Å². The first-order valence-electron chi connectivity index (χ1n) is 10.2. The summed E-state index contributed by atoms with van der Waals surface area (Å²) in [5.74, 6) is 3.31. The molecule has 0 radical (unpaired) electrons. The number of anilines is 5. The van der Waals surface area contributed by atoms with Crippen LogP contribution in [0.5, 0.6) is 0 Å². The van der Waals surface area contributed by atoms with Crippen LogP contribution in [0.3, 0.4) is 0 Å². The Morgan fingerprint density at radius 2 is 1.73 bits per heavy atom. The van der Waals surface area contributed by atoms with E-state index in [-0.39, 0.29) is 0 Å². The van der Waals surface area contributed by atoms with E-state index in [1.807, 2.05) is 68.6 Å². The van der Waals surface area contributed by atoms with Crippen LogP contribution in [-0.2, 0) is 0 Å². The molecule has 158 valence electrons. The summed E-state index contributed by atoms with van der Waals surface area (Å²) in [6.45, 7) is 6.73. The smallest absolute Gasteiger partial charge is 0.229 e. The van der Waals surface area contributed by atoms with Crippen molar-refractivity contribution >= 4 is 29.1 Å². The van der Waals surface area contributed by atoms with Gasteiger partial charge in [-0.2, -0.15) is 9.97 Å². The van der Waals surface area contributed by atoms with E-state index in [1.54, 1.807) is 0 Å². The lowest BCUT2D eigenvalue weighted by Gasteiger charge is -2.26. The van der Waals surface area contributed by atoms with E-state index in [4.69, 9.17) is 9.97 Å². The van der Waals surface area contributed by atoms with Crippen LogP contribution < -0.4 is 20.0 Å². The van der Waals surface area contributed by atoms with E-state index in [0.717, 1.165) is 42.8 Å². The first-order chi connectivity index (χ1) is 14.5. The lowest BCUT2D eigenvalue weighted by Crippen LogP contribution is -2.34. The Hall–Kier alpha value is -3.35. The van der Waals surface area contributed by atoms with Crippen LogP contribution in [-0.4, -0.2) is 55.7 Å². The predicted molar refractivity (Wildman–Crippen MR) is 126 cm³/mol. The fraction of sp³-hybridized carbons (Fsp3) is 0.348. The lowest BCUT2D eigenvalue weighted by atomic mass is 10.2. The molecular formula is C23H31N7. The topological polar surface area (TPSA) is 60.4 Å². The molecule has 0 spiro atoms. The van der Waals surface area contributed by atoms with Crippen LogP contribution in [0, 0.1) is 6.92 Å². The Kier molecular flexibility index (Phi) is 7.06. The molecule has 0 saturated carbocycles. The molecule has 0 aliphatic rings. The van der Waals surface area contributed by atoms with Gasteiger partial charge in [0, 0.05) is 58.7 Å². The third kappa shape index (κ3) is 5.59. The van der Waals surface area contributed by atoms with Gasteiger partial charge in [-0.15, -0.1) is 0 Å². The number of benzene rings is 1. The fourth-order valence-electron chi connectivity index (χ4n) is 3.10. The number of hydrogen-bond donors (Lipinski definition) is 1. The van der Waals surface area contributed by atoms with Crippen LogP contribution in [0.2, 0.25) is 0 Å². The molecule has 30 heavy (non-hydrogen) atoms. The van der Waals surface area contributed by atoms with Crippen molar-refractivity contribution in [3.63, 3.8) is 0 Å². The van der Waals surface area contributed by atoms with Gasteiger partial charge in [-0.1, -0.05) is 18.2 Å². The van der Waals surface area contributed by atoms with Crippen molar-refractivity contribution in [2.75, 3.05) is 60.8 Å². The molecular weight excluding hydrogens is 374 g/mol. The summed E-state index contributed by atoms with van der Waals surface area (Å²) in [6, 6.07) is 16.2. The summed E-state index contributed by atoms with van der Waals surface area (Å²) in [5.41, 5.74) is 2.22. The van der Waals surface area contributed by atoms with Crippen molar-refractivity contribution in [3.8, 4) is 0 Å². The average molecular weight is 406 g/mol. The highest BCUT2D eigenvalue weighted by molar-refractivity contribution is 5.62. The van der Waals surface area contributed by atoms with Crippen molar-refractivity contribution in [2.45, 2.75) is 13.8 Å². The SMILES string of the molecule is CCN(CCN(C)c1nc(Nc2cccc(C)c2)cc(N(C)C)n1)c1ccccn1. The third-order valence-corrected chi connectivity index (χ3v) is 4.85. The van der Waals surface area contributed by atoms with Gasteiger partial charge in [0.25, 0.3) is 0 Å². The Balaban J connectivity index is 1.77. The normalized spacial score (nSPS) is 10.6. The van der Waals surface area contributed by atoms with Crippen molar-refractivity contribution in [2.24, 2.45) is 0 Å². The van der Waals surface area contributed by atoms with Crippen molar-refractivity contribution < 1.29 is 0 Å². The molecule has 3 aromatic rings. The summed E-state index contributed by atoms with van der Waals surface area (Å²) in [7, 11) is 6.00. The van der Waals surface area contributed by atoms with Crippen LogP contribution >= 0.6 is 0 Å². The Labute approximate surface area is 179 Å². The van der Waals surface area contributed by atoms with Crippen LogP contribution in [0.1, 0.15) is 12.5 Å². The standard InChI is InChI=1S/C23H31N7/c1-6-30(21-12-7-8-13-24-21)15-14-29(5)23-26-20(17-22(27-23)28(3)4)25-19-11-9-10-18(2)16-19/h7-13,16-17H,6,14-15H2,1-5H3,(H,25,26,27). The molecule has 0 saturated heterocycles. The average Bonchev–Trinajstić information content (AvgIpc) is 2.74. The van der Waals surface area contributed by atoms with Gasteiger partial charge in [0.2, 0.25) is 5.95 Å². The molecule has 0 amide bonds. The first-order valence-corrected chi connectivity index (χ1v) is 10.2. The molecule has 0 fully saturated rings. The number of rotatable bonds is 9. The second kappa shape index (κ2) is 9.91. The molecule has 0 bridgehead atoms. The number of hydrogen-bond acceptors (Lipinski definition) is 7. The summed E-state index contributed by atoms with van der Waals surface area (Å²) in [4.78, 5) is 20.3. The molecule has 1 aromatic carbocycles. The van der Waals surface area contributed by atoms with Gasteiger partial charge in [-0.05, 0) is 43.7 Å². The minimum Gasteiger partial charge on any atom is -0.363 e. The summed E-state index contributed by atoms with van der Waals surface area (Å²) < 4.78 is 0. The van der Waals surface area contributed by atoms with E-state index in [0.29, 0.717) is 5.95 Å².